The molecule has 190 valence electrons. The summed E-state index contributed by atoms with van der Waals surface area (Å²) in [6.45, 7) is 6.07. The Morgan fingerprint density at radius 1 is 0.821 bits per heavy atom. The minimum absolute atomic E-state index is 0.962. The summed E-state index contributed by atoms with van der Waals surface area (Å²) in [5, 5.41) is 3.47. The Kier molecular flexibility index (Phi) is 6.78. The van der Waals surface area contributed by atoms with Crippen molar-refractivity contribution in [2.24, 2.45) is 4.99 Å². The van der Waals surface area contributed by atoms with E-state index < -0.39 is 0 Å². The van der Waals surface area contributed by atoms with E-state index in [1.165, 1.54) is 21.0 Å². The highest BCUT2D eigenvalue weighted by molar-refractivity contribution is 7.21. The average Bonchev–Trinajstić information content (AvgIpc) is 3.56. The first-order chi connectivity index (χ1) is 19.2. The molecule has 0 unspecified atom stereocenters. The third kappa shape index (κ3) is 4.64. The molecule has 0 saturated heterocycles. The van der Waals surface area contributed by atoms with Gasteiger partial charge in [-0.15, -0.1) is 11.3 Å². The van der Waals surface area contributed by atoms with E-state index in [0.717, 1.165) is 44.3 Å². The first-order valence-corrected chi connectivity index (χ1v) is 14.0. The molecule has 39 heavy (non-hydrogen) atoms. The van der Waals surface area contributed by atoms with Gasteiger partial charge in [0.15, 0.2) is 0 Å². The Bertz CT molecular complexity index is 1910. The second-order valence-electron chi connectivity index (χ2n) is 9.40. The maximum absolute atomic E-state index is 5.14. The van der Waals surface area contributed by atoms with E-state index in [9.17, 15) is 0 Å². The van der Waals surface area contributed by atoms with Crippen molar-refractivity contribution in [1.29, 1.82) is 0 Å². The summed E-state index contributed by atoms with van der Waals surface area (Å²) >= 11 is 1.75. The van der Waals surface area contributed by atoms with Gasteiger partial charge in [-0.25, -0.2) is 4.98 Å². The molecule has 0 radical (unpaired) electrons. The molecule has 0 aliphatic rings. The van der Waals surface area contributed by atoms with E-state index in [0.29, 0.717) is 0 Å². The van der Waals surface area contributed by atoms with E-state index in [-0.39, 0.29) is 0 Å². The van der Waals surface area contributed by atoms with Crippen molar-refractivity contribution in [1.82, 2.24) is 9.55 Å². The van der Waals surface area contributed by atoms with E-state index in [4.69, 9.17) is 9.98 Å². The van der Waals surface area contributed by atoms with Gasteiger partial charge >= 0.3 is 0 Å². The van der Waals surface area contributed by atoms with E-state index in [1.807, 2.05) is 51.1 Å². The van der Waals surface area contributed by atoms with Gasteiger partial charge in [-0.1, -0.05) is 85.0 Å². The molecule has 0 N–H and O–H groups in total. The zero-order valence-electron chi connectivity index (χ0n) is 22.3. The summed E-state index contributed by atoms with van der Waals surface area (Å²) in [5.41, 5.74) is 8.70. The maximum Gasteiger partial charge on any atom is 0.124 e. The Labute approximate surface area is 232 Å². The predicted molar refractivity (Wildman–Crippen MR) is 170 cm³/mol. The number of rotatable bonds is 6. The molecule has 0 fully saturated rings. The Morgan fingerprint density at radius 3 is 2.36 bits per heavy atom. The number of allylic oxidation sites excluding steroid dienone is 5. The largest absolute Gasteiger partial charge is 0.309 e. The topological polar surface area (TPSA) is 30.2 Å². The van der Waals surface area contributed by atoms with Gasteiger partial charge in [-0.2, -0.15) is 0 Å². The SMILES string of the molecule is C\C=C/C=C\C(C)=N\C(=C/C)c1ccc(-n2c3ccccc3c3c4nc(-c5ccccc5)sc4ccc32)cc1. The first kappa shape index (κ1) is 24.8. The van der Waals surface area contributed by atoms with Crippen molar-refractivity contribution in [2.75, 3.05) is 0 Å². The van der Waals surface area contributed by atoms with Crippen LogP contribution in [0, 0.1) is 0 Å². The van der Waals surface area contributed by atoms with Crippen LogP contribution < -0.4 is 0 Å². The van der Waals surface area contributed by atoms with Crippen LogP contribution >= 0.6 is 11.3 Å². The molecule has 0 atom stereocenters. The lowest BCUT2D eigenvalue weighted by Gasteiger charge is -2.10. The van der Waals surface area contributed by atoms with Crippen molar-refractivity contribution in [3.05, 3.63) is 127 Å². The molecule has 0 spiro atoms. The van der Waals surface area contributed by atoms with Crippen LogP contribution in [0.1, 0.15) is 26.3 Å². The van der Waals surface area contributed by atoms with E-state index in [1.54, 1.807) is 11.3 Å². The number of hydrogen-bond donors (Lipinski definition) is 0. The molecular weight excluding hydrogens is 494 g/mol. The lowest BCUT2D eigenvalue weighted by molar-refractivity contribution is 1.18. The molecule has 0 bridgehead atoms. The Balaban J connectivity index is 1.47. The van der Waals surface area contributed by atoms with Gasteiger partial charge in [-0.3, -0.25) is 4.99 Å². The van der Waals surface area contributed by atoms with Gasteiger partial charge in [0.25, 0.3) is 0 Å². The summed E-state index contributed by atoms with van der Waals surface area (Å²) in [6, 6.07) is 32.2. The minimum atomic E-state index is 0.962. The predicted octanol–water partition coefficient (Wildman–Crippen LogP) is 10.0. The van der Waals surface area contributed by atoms with Crippen molar-refractivity contribution >= 4 is 54.8 Å². The summed E-state index contributed by atoms with van der Waals surface area (Å²) in [4.78, 5) is 9.98. The number of thiazole rings is 1. The van der Waals surface area contributed by atoms with Crippen LogP contribution in [-0.4, -0.2) is 15.3 Å². The van der Waals surface area contributed by atoms with Crippen LogP contribution in [0.4, 0.5) is 0 Å². The fraction of sp³-hybridized carbons (Fsp3) is 0.0857. The lowest BCUT2D eigenvalue weighted by atomic mass is 10.1. The number of hydrogen-bond acceptors (Lipinski definition) is 3. The molecule has 4 heteroatoms. The van der Waals surface area contributed by atoms with Crippen molar-refractivity contribution in [3.63, 3.8) is 0 Å². The van der Waals surface area contributed by atoms with Crippen LogP contribution in [0.3, 0.4) is 0 Å². The Hall–Kier alpha value is -4.54. The molecule has 6 aromatic rings. The van der Waals surface area contributed by atoms with Gasteiger partial charge in [-0.05, 0) is 62.7 Å². The van der Waals surface area contributed by atoms with Crippen molar-refractivity contribution in [2.45, 2.75) is 20.8 Å². The average molecular weight is 524 g/mol. The molecule has 6 rings (SSSR count). The monoisotopic (exact) mass is 523 g/mol. The maximum atomic E-state index is 5.14. The lowest BCUT2D eigenvalue weighted by Crippen LogP contribution is -1.94. The molecule has 0 amide bonds. The molecule has 2 aromatic heterocycles. The molecule has 0 aliphatic heterocycles. The van der Waals surface area contributed by atoms with Crippen LogP contribution in [0.5, 0.6) is 0 Å². The van der Waals surface area contributed by atoms with Gasteiger partial charge in [0.1, 0.15) is 5.01 Å². The summed E-state index contributed by atoms with van der Waals surface area (Å²) in [6.07, 6.45) is 10.1. The highest BCUT2D eigenvalue weighted by Crippen LogP contribution is 2.40. The zero-order valence-corrected chi connectivity index (χ0v) is 23.1. The number of aromatic nitrogens is 2. The molecule has 4 aromatic carbocycles. The number of para-hydroxylation sites is 1. The van der Waals surface area contributed by atoms with Gasteiger partial charge in [0.2, 0.25) is 0 Å². The van der Waals surface area contributed by atoms with Gasteiger partial charge in [0, 0.05) is 27.7 Å². The summed E-state index contributed by atoms with van der Waals surface area (Å²) in [5.74, 6) is 0. The molecule has 0 aliphatic carbocycles. The number of aliphatic imine (C=N–C) groups is 1. The minimum Gasteiger partial charge on any atom is -0.309 e. The normalized spacial score (nSPS) is 13.1. The molecule has 0 saturated carbocycles. The summed E-state index contributed by atoms with van der Waals surface area (Å²) < 4.78 is 3.55. The van der Waals surface area contributed by atoms with Crippen molar-refractivity contribution < 1.29 is 0 Å². The molecule has 2 heterocycles. The van der Waals surface area contributed by atoms with Crippen molar-refractivity contribution in [3.8, 4) is 16.3 Å². The fourth-order valence-corrected chi connectivity index (χ4v) is 6.02. The molecular formula is C35H29N3S. The van der Waals surface area contributed by atoms with Gasteiger partial charge < -0.3 is 4.57 Å². The smallest absolute Gasteiger partial charge is 0.124 e. The van der Waals surface area contributed by atoms with E-state index >= 15 is 0 Å². The standard InChI is InChI=1S/C35H29N3S/c1-4-6-8-13-24(3)36-29(5-2)25-18-20-27(21-19-25)38-30-17-12-11-16-28(30)33-31(38)22-23-32-34(33)37-35(39-32)26-14-9-7-10-15-26/h4-23H,1-3H3/b6-4-,13-8-,29-5-,36-24+. The van der Waals surface area contributed by atoms with Crippen LogP contribution in [-0.2, 0) is 0 Å². The van der Waals surface area contributed by atoms with Crippen LogP contribution in [0.2, 0.25) is 0 Å². The van der Waals surface area contributed by atoms with E-state index in [2.05, 4.69) is 95.6 Å². The van der Waals surface area contributed by atoms with Gasteiger partial charge in [0.05, 0.1) is 26.9 Å². The molecule has 3 nitrogen and oxygen atoms in total. The summed E-state index contributed by atoms with van der Waals surface area (Å²) in [7, 11) is 0. The second-order valence-corrected chi connectivity index (χ2v) is 10.4. The zero-order chi connectivity index (χ0) is 26.8. The third-order valence-corrected chi connectivity index (χ3v) is 7.92. The number of benzene rings is 4. The van der Waals surface area contributed by atoms with Crippen LogP contribution in [0.15, 0.2) is 126 Å². The number of fused-ring (bicyclic) bond motifs is 5. The third-order valence-electron chi connectivity index (χ3n) is 6.85. The second kappa shape index (κ2) is 10.7. The highest BCUT2D eigenvalue weighted by atomic mass is 32.1. The highest BCUT2D eigenvalue weighted by Gasteiger charge is 2.17. The fourth-order valence-electron chi connectivity index (χ4n) is 5.04. The first-order valence-electron chi connectivity index (χ1n) is 13.2. The van der Waals surface area contributed by atoms with Crippen LogP contribution in [0.25, 0.3) is 54.0 Å². The number of nitrogens with zero attached hydrogens (tertiary/aromatic N) is 3. The Morgan fingerprint density at radius 2 is 1.59 bits per heavy atom. The quantitative estimate of drug-likeness (QED) is 0.158.